The van der Waals surface area contributed by atoms with Gasteiger partial charge in [0.05, 0.1) is 54.1 Å². The van der Waals surface area contributed by atoms with Crippen molar-refractivity contribution in [1.29, 1.82) is 5.26 Å². The Labute approximate surface area is 254 Å². The van der Waals surface area contributed by atoms with Crippen molar-refractivity contribution in [3.63, 3.8) is 0 Å². The molecule has 8 atom stereocenters. The Hall–Kier alpha value is -2.05. The molecule has 0 bridgehead atoms. The summed E-state index contributed by atoms with van der Waals surface area (Å²) in [5.41, 5.74) is 9.34. The number of fused-ring (bicyclic) bond motifs is 2. The minimum atomic E-state index is -0.979. The predicted molar refractivity (Wildman–Crippen MR) is 163 cm³/mol. The monoisotopic (exact) mass is 595 g/mol. The molecule has 4 unspecified atom stereocenters. The lowest BCUT2D eigenvalue weighted by Gasteiger charge is -2.46. The summed E-state index contributed by atoms with van der Waals surface area (Å²) >= 11 is 0. The van der Waals surface area contributed by atoms with Crippen molar-refractivity contribution in [3.8, 4) is 6.07 Å². The van der Waals surface area contributed by atoms with Crippen molar-refractivity contribution in [1.82, 2.24) is 25.8 Å². The fourth-order valence-corrected chi connectivity index (χ4v) is 8.24. The Morgan fingerprint density at radius 2 is 1.91 bits per heavy atom. The second-order valence-electron chi connectivity index (χ2n) is 14.0. The quantitative estimate of drug-likeness (QED) is 0.200. The molecule has 4 aliphatic heterocycles. The van der Waals surface area contributed by atoms with Crippen LogP contribution in [0.25, 0.3) is 0 Å². The molecular formula is C31H49N9O3. The molecule has 0 radical (unpaired) electrons. The summed E-state index contributed by atoms with van der Waals surface area (Å²) in [5, 5.41) is 49.1. The standard InChI is InChI=1S/C31H49N9O3/c1-17(2)39(13-23-26(41)27(42)30(43-23)40-16-36-25-28(33)34-15-35-29(25)40)20-10-18(11-20)4-7-24-37-21-6-5-19(12-22(21)38-24)31(14-32)8-3-9-31/h5-6,12,17-18,20,23-30,34-38,41-42H,3-4,7-11,13,15-16,33H2,1-2H3/t18?,20?,23-,24?,25?,26-,27-,28?,29?,30-/m1/s1. The first kappa shape index (κ1) is 29.6. The van der Waals surface area contributed by atoms with Crippen LogP contribution in [0.5, 0.6) is 0 Å². The highest BCUT2D eigenvalue weighted by molar-refractivity contribution is 5.75. The number of aliphatic hydroxyl groups is 2. The average molecular weight is 596 g/mol. The third-order valence-corrected chi connectivity index (χ3v) is 11.2. The van der Waals surface area contributed by atoms with Crippen LogP contribution >= 0.6 is 0 Å². The lowest BCUT2D eigenvalue weighted by Crippen LogP contribution is -2.68. The summed E-state index contributed by atoms with van der Waals surface area (Å²) in [6, 6.07) is 9.77. The minimum Gasteiger partial charge on any atom is -0.387 e. The SMILES string of the molecule is CC(C)N(C[C@H]1O[C@@H](N2CNC3C(N)NCNC32)[C@H](O)[C@@H]1O)C1CC(CCC2Nc3ccc(C4(C#N)CCC4)cc3N2)C1. The van der Waals surface area contributed by atoms with E-state index in [-0.39, 0.29) is 30.0 Å². The van der Waals surface area contributed by atoms with E-state index in [2.05, 4.69) is 74.5 Å². The van der Waals surface area contributed by atoms with Gasteiger partial charge in [0.15, 0.2) is 0 Å². The molecule has 43 heavy (non-hydrogen) atoms. The number of nitrogens with two attached hydrogens (primary N) is 1. The molecular weight excluding hydrogens is 546 g/mol. The van der Waals surface area contributed by atoms with Crippen molar-refractivity contribution in [2.24, 2.45) is 11.7 Å². The summed E-state index contributed by atoms with van der Waals surface area (Å²) in [6.45, 7) is 6.13. The molecule has 5 fully saturated rings. The molecule has 0 spiro atoms. The summed E-state index contributed by atoms with van der Waals surface area (Å²) in [5.74, 6) is 0.668. The highest BCUT2D eigenvalue weighted by Gasteiger charge is 2.52. The maximum absolute atomic E-state index is 11.0. The van der Waals surface area contributed by atoms with Gasteiger partial charge in [-0.05, 0) is 82.4 Å². The average Bonchev–Trinajstić information content (AvgIpc) is 3.63. The summed E-state index contributed by atoms with van der Waals surface area (Å²) in [6.07, 6.45) is 4.53. The van der Waals surface area contributed by atoms with Crippen LogP contribution < -0.4 is 32.3 Å². The van der Waals surface area contributed by atoms with Crippen molar-refractivity contribution in [2.75, 3.05) is 30.5 Å². The van der Waals surface area contributed by atoms with E-state index in [4.69, 9.17) is 10.5 Å². The van der Waals surface area contributed by atoms with E-state index in [1.165, 1.54) is 0 Å². The van der Waals surface area contributed by atoms with E-state index >= 15 is 0 Å². The van der Waals surface area contributed by atoms with Crippen LogP contribution in [0.4, 0.5) is 11.4 Å². The number of nitrogens with one attached hydrogen (secondary N) is 5. The van der Waals surface area contributed by atoms with E-state index in [1.807, 2.05) is 0 Å². The number of ether oxygens (including phenoxy) is 1. The van der Waals surface area contributed by atoms with Crippen LogP contribution in [0, 0.1) is 17.2 Å². The molecule has 1 aromatic rings. The maximum atomic E-state index is 11.0. The molecule has 9 N–H and O–H groups in total. The molecule has 2 saturated carbocycles. The van der Waals surface area contributed by atoms with Gasteiger partial charge in [-0.15, -0.1) is 0 Å². The number of hydrogen-bond acceptors (Lipinski definition) is 12. The summed E-state index contributed by atoms with van der Waals surface area (Å²) in [7, 11) is 0. The highest BCUT2D eigenvalue weighted by Crippen LogP contribution is 2.46. The number of hydrogen-bond donors (Lipinski definition) is 8. The van der Waals surface area contributed by atoms with E-state index in [1.54, 1.807) is 0 Å². The van der Waals surface area contributed by atoms with Crippen LogP contribution in [0.15, 0.2) is 18.2 Å². The smallest absolute Gasteiger partial charge is 0.142 e. The van der Waals surface area contributed by atoms with Gasteiger partial charge in [-0.2, -0.15) is 5.26 Å². The van der Waals surface area contributed by atoms with Crippen molar-refractivity contribution >= 4 is 11.4 Å². The number of nitriles is 1. The lowest BCUT2D eigenvalue weighted by molar-refractivity contribution is -0.112. The van der Waals surface area contributed by atoms with Gasteiger partial charge in [-0.1, -0.05) is 6.07 Å². The van der Waals surface area contributed by atoms with Gasteiger partial charge in [0.25, 0.3) is 0 Å². The molecule has 12 nitrogen and oxygen atoms in total. The molecule has 7 rings (SSSR count). The Morgan fingerprint density at radius 3 is 2.63 bits per heavy atom. The number of rotatable bonds is 9. The number of aliphatic hydroxyl groups excluding tert-OH is 2. The first-order valence-electron chi connectivity index (χ1n) is 16.3. The Kier molecular flexibility index (Phi) is 8.07. The molecule has 0 amide bonds. The molecule has 4 heterocycles. The zero-order chi connectivity index (χ0) is 29.9. The summed E-state index contributed by atoms with van der Waals surface area (Å²) in [4.78, 5) is 4.51. The van der Waals surface area contributed by atoms with Crippen LogP contribution in [0.2, 0.25) is 0 Å². The summed E-state index contributed by atoms with van der Waals surface area (Å²) < 4.78 is 6.38. The van der Waals surface area contributed by atoms with Crippen molar-refractivity contribution in [2.45, 2.75) is 125 Å². The van der Waals surface area contributed by atoms with Gasteiger partial charge in [0.2, 0.25) is 0 Å². The van der Waals surface area contributed by atoms with Gasteiger partial charge in [-0.3, -0.25) is 20.9 Å². The minimum absolute atomic E-state index is 0.00379. The van der Waals surface area contributed by atoms with Gasteiger partial charge in [-0.25, -0.2) is 4.90 Å². The third-order valence-electron chi connectivity index (χ3n) is 11.2. The second kappa shape index (κ2) is 11.7. The molecule has 1 aromatic carbocycles. The number of benzene rings is 1. The normalized spacial score (nSPS) is 39.9. The first-order chi connectivity index (χ1) is 20.8. The fraction of sp³-hybridized carbons (Fsp3) is 0.774. The molecule has 6 aliphatic rings. The zero-order valence-corrected chi connectivity index (χ0v) is 25.4. The van der Waals surface area contributed by atoms with E-state index in [0.717, 1.165) is 61.9 Å². The van der Waals surface area contributed by atoms with E-state index in [9.17, 15) is 15.5 Å². The topological polar surface area (TPSA) is 166 Å². The molecule has 12 heteroatoms. The third kappa shape index (κ3) is 5.32. The molecule has 236 valence electrons. The molecule has 2 aliphatic carbocycles. The fourth-order valence-electron chi connectivity index (χ4n) is 8.24. The van der Waals surface area contributed by atoms with E-state index in [0.29, 0.717) is 37.9 Å². The number of nitrogens with zero attached hydrogens (tertiary/aromatic N) is 3. The highest BCUT2D eigenvalue weighted by atomic mass is 16.6. The van der Waals surface area contributed by atoms with E-state index < -0.39 is 24.5 Å². The van der Waals surface area contributed by atoms with Crippen LogP contribution in [-0.2, 0) is 10.2 Å². The van der Waals surface area contributed by atoms with Crippen molar-refractivity contribution < 1.29 is 14.9 Å². The zero-order valence-electron chi connectivity index (χ0n) is 25.4. The van der Waals surface area contributed by atoms with Gasteiger partial charge in [0.1, 0.15) is 24.5 Å². The van der Waals surface area contributed by atoms with Crippen LogP contribution in [0.3, 0.4) is 0 Å². The molecule has 3 saturated heterocycles. The number of anilines is 2. The second-order valence-corrected chi connectivity index (χ2v) is 14.0. The Balaban J connectivity index is 0.893. The first-order valence-corrected chi connectivity index (χ1v) is 16.3. The Morgan fingerprint density at radius 1 is 1.12 bits per heavy atom. The maximum Gasteiger partial charge on any atom is 0.142 e. The van der Waals surface area contributed by atoms with Gasteiger partial charge >= 0.3 is 0 Å². The van der Waals surface area contributed by atoms with Gasteiger partial charge in [0, 0.05) is 25.3 Å². The van der Waals surface area contributed by atoms with Crippen molar-refractivity contribution in [3.05, 3.63) is 23.8 Å². The predicted octanol–water partition coefficient (Wildman–Crippen LogP) is 0.504. The van der Waals surface area contributed by atoms with Gasteiger partial charge < -0.3 is 31.3 Å². The molecule has 0 aromatic heterocycles. The van der Waals surface area contributed by atoms with Crippen LogP contribution in [0.1, 0.15) is 64.4 Å². The lowest BCUT2D eigenvalue weighted by atomic mass is 9.65. The largest absolute Gasteiger partial charge is 0.387 e. The Bertz CT molecular complexity index is 1200. The van der Waals surface area contributed by atoms with Crippen LogP contribution in [-0.4, -0.2) is 101 Å².